The smallest absolute Gasteiger partial charge is 0.119 e. The first-order chi connectivity index (χ1) is 6.36. The van der Waals surface area contributed by atoms with Crippen molar-refractivity contribution in [2.75, 3.05) is 6.61 Å². The quantitative estimate of drug-likeness (QED) is 0.701. The molecule has 0 saturated carbocycles. The van der Waals surface area contributed by atoms with Gasteiger partial charge in [0.15, 0.2) is 0 Å². The van der Waals surface area contributed by atoms with Gasteiger partial charge >= 0.3 is 0 Å². The molecule has 0 aliphatic rings. The van der Waals surface area contributed by atoms with Gasteiger partial charge in [0.05, 0.1) is 6.61 Å². The summed E-state index contributed by atoms with van der Waals surface area (Å²) in [7, 11) is 0. The predicted molar refractivity (Wildman–Crippen MR) is 53.6 cm³/mol. The van der Waals surface area contributed by atoms with E-state index in [2.05, 4.69) is 13.0 Å². The van der Waals surface area contributed by atoms with Crippen molar-refractivity contribution in [2.45, 2.75) is 26.3 Å². The van der Waals surface area contributed by atoms with Crippen molar-refractivity contribution >= 4 is 0 Å². The molecule has 0 bridgehead atoms. The molecule has 0 saturated heterocycles. The Morgan fingerprint density at radius 1 is 1.54 bits per heavy atom. The average Bonchev–Trinajstić information content (AvgIpc) is 2.19. The molecule has 0 heterocycles. The summed E-state index contributed by atoms with van der Waals surface area (Å²) in [6, 6.07) is 8.75. The number of benzene rings is 1. The molecule has 0 aromatic heterocycles. The minimum absolute atomic E-state index is 0.519. The van der Waals surface area contributed by atoms with Crippen molar-refractivity contribution < 1.29 is 4.74 Å². The fourth-order valence-corrected chi connectivity index (χ4v) is 1.03. The van der Waals surface area contributed by atoms with Crippen molar-refractivity contribution in [1.82, 2.24) is 0 Å². The van der Waals surface area contributed by atoms with E-state index in [1.807, 2.05) is 18.2 Å². The zero-order valence-corrected chi connectivity index (χ0v) is 8.05. The summed E-state index contributed by atoms with van der Waals surface area (Å²) in [4.78, 5) is 0. The summed E-state index contributed by atoms with van der Waals surface area (Å²) < 4.78 is 5.51. The molecule has 13 heavy (non-hydrogen) atoms. The number of rotatable bonds is 5. The van der Waals surface area contributed by atoms with Crippen LogP contribution in [0.1, 0.15) is 25.3 Å². The van der Waals surface area contributed by atoms with Gasteiger partial charge in [0, 0.05) is 6.54 Å². The van der Waals surface area contributed by atoms with Crippen molar-refractivity contribution in [2.24, 2.45) is 5.73 Å². The van der Waals surface area contributed by atoms with Crippen LogP contribution in [0.2, 0.25) is 0 Å². The van der Waals surface area contributed by atoms with E-state index in [1.165, 1.54) is 0 Å². The first kappa shape index (κ1) is 10.1. The van der Waals surface area contributed by atoms with Gasteiger partial charge in [-0.2, -0.15) is 0 Å². The molecule has 2 N–H and O–H groups in total. The average molecular weight is 178 g/mol. The Morgan fingerprint density at radius 2 is 2.38 bits per heavy atom. The number of ether oxygens (including phenoxy) is 1. The van der Waals surface area contributed by atoms with Crippen LogP contribution in [0.15, 0.2) is 18.2 Å². The lowest BCUT2D eigenvalue weighted by Gasteiger charge is -2.05. The third-order valence-corrected chi connectivity index (χ3v) is 1.82. The Hall–Kier alpha value is -1.02. The van der Waals surface area contributed by atoms with E-state index in [0.29, 0.717) is 6.54 Å². The molecule has 0 unspecified atom stereocenters. The topological polar surface area (TPSA) is 35.2 Å². The molecule has 0 fully saturated rings. The van der Waals surface area contributed by atoms with E-state index >= 15 is 0 Å². The van der Waals surface area contributed by atoms with E-state index in [4.69, 9.17) is 10.5 Å². The van der Waals surface area contributed by atoms with E-state index in [0.717, 1.165) is 30.8 Å². The van der Waals surface area contributed by atoms with Crippen LogP contribution in [0.5, 0.6) is 5.75 Å². The molecular formula is C11H16NO. The van der Waals surface area contributed by atoms with Gasteiger partial charge in [-0.1, -0.05) is 19.4 Å². The maximum absolute atomic E-state index is 5.51. The molecule has 71 valence electrons. The first-order valence-corrected chi connectivity index (χ1v) is 4.70. The van der Waals surface area contributed by atoms with E-state index in [1.54, 1.807) is 0 Å². The molecule has 0 atom stereocenters. The Bertz CT molecular complexity index is 248. The first-order valence-electron chi connectivity index (χ1n) is 4.70. The van der Waals surface area contributed by atoms with Crippen LogP contribution >= 0.6 is 0 Å². The SMILES string of the molecule is CCCCOc1cc[c]c(CN)c1. The van der Waals surface area contributed by atoms with Gasteiger partial charge in [-0.15, -0.1) is 0 Å². The van der Waals surface area contributed by atoms with Gasteiger partial charge in [0.1, 0.15) is 5.75 Å². The van der Waals surface area contributed by atoms with Gasteiger partial charge in [0.2, 0.25) is 0 Å². The Labute approximate surface area is 79.7 Å². The third kappa shape index (κ3) is 3.47. The third-order valence-electron chi connectivity index (χ3n) is 1.82. The molecule has 0 amide bonds. The lowest BCUT2D eigenvalue weighted by Crippen LogP contribution is -1.99. The van der Waals surface area contributed by atoms with Crippen LogP contribution in [-0.4, -0.2) is 6.61 Å². The fourth-order valence-electron chi connectivity index (χ4n) is 1.03. The van der Waals surface area contributed by atoms with Gasteiger partial charge in [-0.25, -0.2) is 0 Å². The van der Waals surface area contributed by atoms with Gasteiger partial charge in [-0.05, 0) is 30.2 Å². The molecule has 1 aromatic carbocycles. The van der Waals surface area contributed by atoms with Crippen molar-refractivity contribution in [3.8, 4) is 5.75 Å². The molecule has 1 aromatic rings. The molecule has 1 rings (SSSR count). The molecule has 0 spiro atoms. The standard InChI is InChI=1S/C11H16NO/c1-2-3-7-13-11-6-4-5-10(8-11)9-12/h4,6,8H,2-3,7,9,12H2,1H3. The summed E-state index contributed by atoms with van der Waals surface area (Å²) >= 11 is 0. The van der Waals surface area contributed by atoms with Crippen molar-refractivity contribution in [3.63, 3.8) is 0 Å². The normalized spacial score (nSPS) is 10.0. The second-order valence-corrected chi connectivity index (χ2v) is 2.96. The molecule has 0 aliphatic heterocycles. The Morgan fingerprint density at radius 3 is 3.08 bits per heavy atom. The van der Waals surface area contributed by atoms with Crippen molar-refractivity contribution in [3.05, 3.63) is 29.8 Å². The second-order valence-electron chi connectivity index (χ2n) is 2.96. The summed E-state index contributed by atoms with van der Waals surface area (Å²) in [5, 5.41) is 0. The van der Waals surface area contributed by atoms with Crippen LogP contribution < -0.4 is 10.5 Å². The Balaban J connectivity index is 2.46. The second kappa shape index (κ2) is 5.60. The highest BCUT2D eigenvalue weighted by atomic mass is 16.5. The minimum Gasteiger partial charge on any atom is -0.494 e. The highest BCUT2D eigenvalue weighted by Crippen LogP contribution is 2.12. The number of unbranched alkanes of at least 4 members (excludes halogenated alkanes) is 1. The number of nitrogens with two attached hydrogens (primary N) is 1. The summed E-state index contributed by atoms with van der Waals surface area (Å²) in [5.74, 6) is 0.896. The summed E-state index contributed by atoms with van der Waals surface area (Å²) in [6.45, 7) is 3.45. The van der Waals surface area contributed by atoms with E-state index < -0.39 is 0 Å². The molecule has 2 heteroatoms. The van der Waals surface area contributed by atoms with Gasteiger partial charge < -0.3 is 10.5 Å². The van der Waals surface area contributed by atoms with E-state index in [-0.39, 0.29) is 0 Å². The van der Waals surface area contributed by atoms with Crippen LogP contribution in [0, 0.1) is 6.07 Å². The monoisotopic (exact) mass is 178 g/mol. The number of hydrogen-bond donors (Lipinski definition) is 1. The maximum Gasteiger partial charge on any atom is 0.119 e. The maximum atomic E-state index is 5.51. The van der Waals surface area contributed by atoms with Crippen LogP contribution in [-0.2, 0) is 6.54 Å². The molecular weight excluding hydrogens is 162 g/mol. The lowest BCUT2D eigenvalue weighted by molar-refractivity contribution is 0.309. The summed E-state index contributed by atoms with van der Waals surface area (Å²) in [5.41, 5.74) is 6.48. The van der Waals surface area contributed by atoms with Crippen LogP contribution in [0.25, 0.3) is 0 Å². The molecule has 2 nitrogen and oxygen atoms in total. The fraction of sp³-hybridized carbons (Fsp3) is 0.455. The number of hydrogen-bond acceptors (Lipinski definition) is 2. The highest BCUT2D eigenvalue weighted by molar-refractivity contribution is 5.27. The summed E-state index contributed by atoms with van der Waals surface area (Å²) in [6.07, 6.45) is 2.25. The minimum atomic E-state index is 0.519. The zero-order valence-electron chi connectivity index (χ0n) is 8.05. The largest absolute Gasteiger partial charge is 0.494 e. The zero-order chi connectivity index (χ0) is 9.52. The van der Waals surface area contributed by atoms with Gasteiger partial charge in [-0.3, -0.25) is 0 Å². The molecule has 1 radical (unpaired) electrons. The predicted octanol–water partition coefficient (Wildman–Crippen LogP) is 2.12. The highest BCUT2D eigenvalue weighted by Gasteiger charge is 1.94. The molecule has 0 aliphatic carbocycles. The lowest BCUT2D eigenvalue weighted by atomic mass is 10.2. The van der Waals surface area contributed by atoms with Crippen molar-refractivity contribution in [1.29, 1.82) is 0 Å². The van der Waals surface area contributed by atoms with E-state index in [9.17, 15) is 0 Å². The van der Waals surface area contributed by atoms with Crippen LogP contribution in [0.3, 0.4) is 0 Å². The van der Waals surface area contributed by atoms with Gasteiger partial charge in [0.25, 0.3) is 0 Å². The van der Waals surface area contributed by atoms with Crippen LogP contribution in [0.4, 0.5) is 0 Å². The Kier molecular flexibility index (Phi) is 4.33.